The lowest BCUT2D eigenvalue weighted by Crippen LogP contribution is -2.08. The average molecular weight is 321 g/mol. The molecule has 2 aromatic heterocycles. The number of aryl methyl sites for hydroxylation is 1. The van der Waals surface area contributed by atoms with Gasteiger partial charge in [-0.3, -0.25) is 4.98 Å². The molecule has 0 saturated carbocycles. The largest absolute Gasteiger partial charge is 0.370 e. The van der Waals surface area contributed by atoms with Gasteiger partial charge in [-0.1, -0.05) is 13.0 Å². The summed E-state index contributed by atoms with van der Waals surface area (Å²) in [5.41, 5.74) is 1.22. The number of rotatable bonds is 6. The Morgan fingerprint density at radius 3 is 2.89 bits per heavy atom. The van der Waals surface area contributed by atoms with E-state index in [0.717, 1.165) is 42.1 Å². The van der Waals surface area contributed by atoms with Gasteiger partial charge in [0.05, 0.1) is 0 Å². The SMILES string of the molecule is CCCc1nc(Br)cc(NCCc2cccnc2)n1. The molecule has 0 aromatic carbocycles. The van der Waals surface area contributed by atoms with Crippen LogP contribution >= 0.6 is 15.9 Å². The molecule has 0 amide bonds. The third-order valence-electron chi connectivity index (χ3n) is 2.66. The van der Waals surface area contributed by atoms with E-state index < -0.39 is 0 Å². The molecule has 4 nitrogen and oxygen atoms in total. The number of pyridine rings is 1. The van der Waals surface area contributed by atoms with E-state index in [2.05, 4.69) is 49.2 Å². The summed E-state index contributed by atoms with van der Waals surface area (Å²) in [5.74, 6) is 1.75. The molecule has 2 aromatic rings. The second kappa shape index (κ2) is 7.19. The van der Waals surface area contributed by atoms with E-state index in [9.17, 15) is 0 Å². The molecule has 0 fully saturated rings. The zero-order valence-electron chi connectivity index (χ0n) is 10.9. The third-order valence-corrected chi connectivity index (χ3v) is 3.06. The van der Waals surface area contributed by atoms with Gasteiger partial charge >= 0.3 is 0 Å². The maximum absolute atomic E-state index is 4.49. The van der Waals surface area contributed by atoms with Gasteiger partial charge in [-0.05, 0) is 40.4 Å². The predicted octanol–water partition coefficient (Wildman–Crippen LogP) is 3.24. The predicted molar refractivity (Wildman–Crippen MR) is 80.2 cm³/mol. The molecule has 0 unspecified atom stereocenters. The molecule has 19 heavy (non-hydrogen) atoms. The van der Waals surface area contributed by atoms with Crippen LogP contribution in [0.3, 0.4) is 0 Å². The molecular formula is C14H17BrN4. The van der Waals surface area contributed by atoms with Crippen molar-refractivity contribution in [2.24, 2.45) is 0 Å². The summed E-state index contributed by atoms with van der Waals surface area (Å²) in [4.78, 5) is 12.9. The van der Waals surface area contributed by atoms with Crippen molar-refractivity contribution in [3.63, 3.8) is 0 Å². The molecular weight excluding hydrogens is 304 g/mol. The maximum atomic E-state index is 4.49. The first-order valence-electron chi connectivity index (χ1n) is 6.44. The van der Waals surface area contributed by atoms with Crippen LogP contribution in [0.1, 0.15) is 24.7 Å². The molecule has 100 valence electrons. The molecule has 2 rings (SSSR count). The lowest BCUT2D eigenvalue weighted by molar-refractivity contribution is 0.827. The number of hydrogen-bond donors (Lipinski definition) is 1. The molecule has 0 atom stereocenters. The molecule has 0 radical (unpaired) electrons. The van der Waals surface area contributed by atoms with Crippen molar-refractivity contribution in [1.82, 2.24) is 15.0 Å². The van der Waals surface area contributed by atoms with Crippen LogP contribution in [0.4, 0.5) is 5.82 Å². The number of nitrogens with zero attached hydrogens (tertiary/aromatic N) is 3. The first kappa shape index (κ1) is 13.9. The maximum Gasteiger partial charge on any atom is 0.132 e. The Labute approximate surface area is 121 Å². The minimum absolute atomic E-state index is 0.829. The standard InChI is InChI=1S/C14H17BrN4/c1-2-4-13-18-12(15)9-14(19-13)17-8-6-11-5-3-7-16-10-11/h3,5,7,9-10H,2,4,6,8H2,1H3,(H,17,18,19). The highest BCUT2D eigenvalue weighted by molar-refractivity contribution is 9.10. The monoisotopic (exact) mass is 320 g/mol. The van der Waals surface area contributed by atoms with Crippen molar-refractivity contribution < 1.29 is 0 Å². The van der Waals surface area contributed by atoms with E-state index in [0.29, 0.717) is 0 Å². The van der Waals surface area contributed by atoms with Crippen molar-refractivity contribution in [2.45, 2.75) is 26.2 Å². The fourth-order valence-electron chi connectivity index (χ4n) is 1.77. The topological polar surface area (TPSA) is 50.7 Å². The highest BCUT2D eigenvalue weighted by atomic mass is 79.9. The zero-order chi connectivity index (χ0) is 13.5. The van der Waals surface area contributed by atoms with E-state index >= 15 is 0 Å². The van der Waals surface area contributed by atoms with Gasteiger partial charge in [0.25, 0.3) is 0 Å². The van der Waals surface area contributed by atoms with Gasteiger partial charge in [0, 0.05) is 31.4 Å². The average Bonchev–Trinajstić information content (AvgIpc) is 2.40. The quantitative estimate of drug-likeness (QED) is 0.830. The van der Waals surface area contributed by atoms with Crippen LogP contribution in [-0.4, -0.2) is 21.5 Å². The van der Waals surface area contributed by atoms with Crippen molar-refractivity contribution in [3.05, 3.63) is 46.6 Å². The van der Waals surface area contributed by atoms with Gasteiger partial charge in [-0.25, -0.2) is 9.97 Å². The van der Waals surface area contributed by atoms with Crippen molar-refractivity contribution in [3.8, 4) is 0 Å². The molecule has 2 heterocycles. The van der Waals surface area contributed by atoms with Crippen molar-refractivity contribution in [1.29, 1.82) is 0 Å². The number of hydrogen-bond acceptors (Lipinski definition) is 4. The van der Waals surface area contributed by atoms with Crippen LogP contribution in [0.5, 0.6) is 0 Å². The zero-order valence-corrected chi connectivity index (χ0v) is 12.5. The van der Waals surface area contributed by atoms with Crippen LogP contribution in [0.25, 0.3) is 0 Å². The van der Waals surface area contributed by atoms with E-state index in [1.807, 2.05) is 18.3 Å². The van der Waals surface area contributed by atoms with Gasteiger partial charge < -0.3 is 5.32 Å². The molecule has 0 aliphatic heterocycles. The van der Waals surface area contributed by atoms with Gasteiger partial charge in [0.1, 0.15) is 16.2 Å². The minimum atomic E-state index is 0.829. The van der Waals surface area contributed by atoms with Crippen LogP contribution in [0.15, 0.2) is 35.2 Å². The summed E-state index contributed by atoms with van der Waals surface area (Å²) < 4.78 is 0.829. The Kier molecular flexibility index (Phi) is 5.27. The summed E-state index contributed by atoms with van der Waals surface area (Å²) in [6, 6.07) is 5.94. The highest BCUT2D eigenvalue weighted by Crippen LogP contribution is 2.13. The van der Waals surface area contributed by atoms with Gasteiger partial charge in [0.2, 0.25) is 0 Å². The number of halogens is 1. The summed E-state index contributed by atoms with van der Waals surface area (Å²) in [7, 11) is 0. The van der Waals surface area contributed by atoms with Crippen LogP contribution in [0, 0.1) is 0 Å². The summed E-state index contributed by atoms with van der Waals surface area (Å²) >= 11 is 3.42. The van der Waals surface area contributed by atoms with Gasteiger partial charge in [0.15, 0.2) is 0 Å². The van der Waals surface area contributed by atoms with Crippen LogP contribution < -0.4 is 5.32 Å². The Morgan fingerprint density at radius 1 is 1.26 bits per heavy atom. The van der Waals surface area contributed by atoms with Crippen molar-refractivity contribution >= 4 is 21.7 Å². The second-order valence-corrected chi connectivity index (χ2v) is 5.09. The first-order chi connectivity index (χ1) is 9.28. The molecule has 0 spiro atoms. The fraction of sp³-hybridized carbons (Fsp3) is 0.357. The molecule has 5 heteroatoms. The number of anilines is 1. The third kappa shape index (κ3) is 4.59. The summed E-state index contributed by atoms with van der Waals surface area (Å²) in [6.45, 7) is 2.96. The molecule has 0 saturated heterocycles. The van der Waals surface area contributed by atoms with Crippen molar-refractivity contribution in [2.75, 3.05) is 11.9 Å². The van der Waals surface area contributed by atoms with E-state index in [1.54, 1.807) is 6.20 Å². The summed E-state index contributed by atoms with van der Waals surface area (Å²) in [5, 5.41) is 3.32. The Bertz CT molecular complexity index is 516. The number of nitrogens with one attached hydrogen (secondary N) is 1. The highest BCUT2D eigenvalue weighted by Gasteiger charge is 2.02. The van der Waals surface area contributed by atoms with Crippen LogP contribution in [-0.2, 0) is 12.8 Å². The summed E-state index contributed by atoms with van der Waals surface area (Å²) in [6.07, 6.45) is 6.55. The van der Waals surface area contributed by atoms with E-state index in [1.165, 1.54) is 5.56 Å². The van der Waals surface area contributed by atoms with E-state index in [4.69, 9.17) is 0 Å². The Hall–Kier alpha value is -1.49. The Morgan fingerprint density at radius 2 is 2.16 bits per heavy atom. The molecule has 0 bridgehead atoms. The molecule has 1 N–H and O–H groups in total. The lowest BCUT2D eigenvalue weighted by Gasteiger charge is -2.07. The first-order valence-corrected chi connectivity index (χ1v) is 7.23. The van der Waals surface area contributed by atoms with Gasteiger partial charge in [-0.2, -0.15) is 0 Å². The lowest BCUT2D eigenvalue weighted by atomic mass is 10.2. The second-order valence-electron chi connectivity index (χ2n) is 4.28. The molecule has 0 aliphatic rings. The Balaban J connectivity index is 1.92. The number of aromatic nitrogens is 3. The van der Waals surface area contributed by atoms with Crippen LogP contribution in [0.2, 0.25) is 0 Å². The van der Waals surface area contributed by atoms with E-state index in [-0.39, 0.29) is 0 Å². The normalized spacial score (nSPS) is 10.4. The fourth-order valence-corrected chi connectivity index (χ4v) is 2.19. The molecule has 0 aliphatic carbocycles. The van der Waals surface area contributed by atoms with Gasteiger partial charge in [-0.15, -0.1) is 0 Å². The smallest absolute Gasteiger partial charge is 0.132 e. The minimum Gasteiger partial charge on any atom is -0.370 e.